The van der Waals surface area contributed by atoms with E-state index in [1.165, 1.54) is 0 Å². The largest absolute Gasteiger partial charge is 0.386 e. The van der Waals surface area contributed by atoms with E-state index in [0.717, 1.165) is 11.4 Å². The van der Waals surface area contributed by atoms with Gasteiger partial charge in [-0.2, -0.15) is 5.10 Å². The Hall–Kier alpha value is -1.48. The Morgan fingerprint density at radius 3 is 2.93 bits per heavy atom. The Labute approximate surface area is 87.3 Å². The van der Waals surface area contributed by atoms with E-state index in [2.05, 4.69) is 10.4 Å². The third kappa shape index (κ3) is 1.59. The molecule has 0 bridgehead atoms. The average Bonchev–Trinajstić information content (AvgIpc) is 2.70. The van der Waals surface area contributed by atoms with E-state index in [9.17, 15) is 0 Å². The van der Waals surface area contributed by atoms with E-state index in [-0.39, 0.29) is 0 Å². The van der Waals surface area contributed by atoms with Crippen LogP contribution in [0.5, 0.6) is 0 Å². The van der Waals surface area contributed by atoms with Crippen LogP contribution in [0.1, 0.15) is 0 Å². The molecule has 0 aliphatic carbocycles. The van der Waals surface area contributed by atoms with Crippen molar-refractivity contribution in [2.75, 3.05) is 12.4 Å². The molecule has 0 atom stereocenters. The molecule has 0 radical (unpaired) electrons. The maximum absolute atomic E-state index is 5.89. The van der Waals surface area contributed by atoms with Crippen LogP contribution in [0.15, 0.2) is 36.7 Å². The van der Waals surface area contributed by atoms with Gasteiger partial charge in [0.1, 0.15) is 0 Å². The summed E-state index contributed by atoms with van der Waals surface area (Å²) in [6.07, 6.45) is 3.64. The van der Waals surface area contributed by atoms with Crippen LogP contribution < -0.4 is 5.32 Å². The van der Waals surface area contributed by atoms with Crippen LogP contribution in [0.4, 0.5) is 5.69 Å². The molecule has 0 amide bonds. The normalized spacial score (nSPS) is 10.1. The van der Waals surface area contributed by atoms with Gasteiger partial charge in [-0.15, -0.1) is 0 Å². The number of aromatic nitrogens is 2. The summed E-state index contributed by atoms with van der Waals surface area (Å²) < 4.78 is 1.79. The molecule has 3 nitrogen and oxygen atoms in total. The quantitative estimate of drug-likeness (QED) is 0.821. The first kappa shape index (κ1) is 9.09. The van der Waals surface area contributed by atoms with Gasteiger partial charge in [-0.1, -0.05) is 11.6 Å². The smallest absolute Gasteiger partial charge is 0.0877 e. The lowest BCUT2D eigenvalue weighted by Crippen LogP contribution is -2.00. The van der Waals surface area contributed by atoms with Crippen LogP contribution in [-0.4, -0.2) is 16.8 Å². The zero-order valence-corrected chi connectivity index (χ0v) is 8.49. The summed E-state index contributed by atoms with van der Waals surface area (Å²) in [4.78, 5) is 0. The number of rotatable bonds is 2. The SMILES string of the molecule is CNc1cc(Cl)ccc1-n1cccn1. The summed E-state index contributed by atoms with van der Waals surface area (Å²) in [6, 6.07) is 7.53. The molecule has 4 heteroatoms. The number of nitrogens with one attached hydrogen (secondary N) is 1. The minimum atomic E-state index is 0.713. The Morgan fingerprint density at radius 1 is 1.43 bits per heavy atom. The van der Waals surface area contributed by atoms with Gasteiger partial charge in [0, 0.05) is 24.5 Å². The van der Waals surface area contributed by atoms with Crippen LogP contribution in [0.3, 0.4) is 0 Å². The highest BCUT2D eigenvalue weighted by Gasteiger charge is 2.03. The maximum atomic E-state index is 5.89. The zero-order chi connectivity index (χ0) is 9.97. The fourth-order valence-corrected chi connectivity index (χ4v) is 1.49. The number of anilines is 1. The molecule has 1 aromatic heterocycles. The summed E-state index contributed by atoms with van der Waals surface area (Å²) in [5.74, 6) is 0. The van der Waals surface area contributed by atoms with Gasteiger partial charge < -0.3 is 5.32 Å². The van der Waals surface area contributed by atoms with Gasteiger partial charge in [-0.05, 0) is 24.3 Å². The highest BCUT2D eigenvalue weighted by Crippen LogP contribution is 2.23. The van der Waals surface area contributed by atoms with E-state index in [1.54, 1.807) is 10.9 Å². The molecule has 0 spiro atoms. The van der Waals surface area contributed by atoms with Crippen molar-refractivity contribution >= 4 is 17.3 Å². The molecule has 2 aromatic rings. The van der Waals surface area contributed by atoms with E-state index >= 15 is 0 Å². The summed E-state index contributed by atoms with van der Waals surface area (Å²) in [5.41, 5.74) is 1.95. The first-order valence-corrected chi connectivity index (χ1v) is 4.66. The lowest BCUT2D eigenvalue weighted by atomic mass is 10.2. The van der Waals surface area contributed by atoms with Crippen LogP contribution >= 0.6 is 11.6 Å². The maximum Gasteiger partial charge on any atom is 0.0877 e. The second-order valence-corrected chi connectivity index (χ2v) is 3.30. The van der Waals surface area contributed by atoms with Gasteiger partial charge in [0.25, 0.3) is 0 Å². The first-order valence-electron chi connectivity index (χ1n) is 4.28. The molecular weight excluding hydrogens is 198 g/mol. The van der Waals surface area contributed by atoms with E-state index < -0.39 is 0 Å². The molecule has 2 rings (SSSR count). The van der Waals surface area contributed by atoms with E-state index in [4.69, 9.17) is 11.6 Å². The molecule has 0 aliphatic rings. The average molecular weight is 208 g/mol. The monoisotopic (exact) mass is 207 g/mol. The van der Waals surface area contributed by atoms with Crippen LogP contribution in [0.25, 0.3) is 5.69 Å². The molecule has 0 fully saturated rings. The summed E-state index contributed by atoms with van der Waals surface area (Å²) >= 11 is 5.89. The van der Waals surface area contributed by atoms with E-state index in [1.807, 2.05) is 37.5 Å². The topological polar surface area (TPSA) is 29.9 Å². The van der Waals surface area contributed by atoms with Gasteiger partial charge in [0.2, 0.25) is 0 Å². The Kier molecular flexibility index (Phi) is 2.41. The number of benzene rings is 1. The van der Waals surface area contributed by atoms with Crippen LogP contribution in [0.2, 0.25) is 5.02 Å². The highest BCUT2D eigenvalue weighted by molar-refractivity contribution is 6.31. The van der Waals surface area contributed by atoms with Crippen molar-refractivity contribution in [3.8, 4) is 5.69 Å². The minimum Gasteiger partial charge on any atom is -0.386 e. The van der Waals surface area contributed by atoms with Crippen molar-refractivity contribution < 1.29 is 0 Å². The second-order valence-electron chi connectivity index (χ2n) is 2.86. The Bertz CT molecular complexity index is 423. The van der Waals surface area contributed by atoms with E-state index in [0.29, 0.717) is 5.02 Å². The van der Waals surface area contributed by atoms with Gasteiger partial charge in [-0.3, -0.25) is 0 Å². The molecule has 0 aliphatic heterocycles. The van der Waals surface area contributed by atoms with Gasteiger partial charge in [0.05, 0.1) is 11.4 Å². The Morgan fingerprint density at radius 2 is 2.29 bits per heavy atom. The van der Waals surface area contributed by atoms with Crippen molar-refractivity contribution in [2.24, 2.45) is 0 Å². The number of halogens is 1. The van der Waals surface area contributed by atoms with Crippen LogP contribution in [0, 0.1) is 0 Å². The summed E-state index contributed by atoms with van der Waals surface area (Å²) in [5, 5.41) is 7.95. The van der Waals surface area contributed by atoms with Crippen molar-refractivity contribution in [2.45, 2.75) is 0 Å². The fraction of sp³-hybridized carbons (Fsp3) is 0.100. The van der Waals surface area contributed by atoms with Crippen molar-refractivity contribution in [1.82, 2.24) is 9.78 Å². The predicted molar refractivity (Wildman–Crippen MR) is 58.1 cm³/mol. The first-order chi connectivity index (χ1) is 6.81. The predicted octanol–water partition coefficient (Wildman–Crippen LogP) is 2.57. The molecule has 1 aromatic carbocycles. The number of nitrogens with zero attached hydrogens (tertiary/aromatic N) is 2. The number of hydrogen-bond acceptors (Lipinski definition) is 2. The standard InChI is InChI=1S/C10H10ClN3/c1-12-9-7-8(11)3-4-10(9)14-6-2-5-13-14/h2-7,12H,1H3. The number of hydrogen-bond donors (Lipinski definition) is 1. The van der Waals surface area contributed by atoms with Crippen molar-refractivity contribution in [3.63, 3.8) is 0 Å². The third-order valence-corrected chi connectivity index (χ3v) is 2.21. The molecule has 0 unspecified atom stereocenters. The van der Waals surface area contributed by atoms with Crippen molar-refractivity contribution in [3.05, 3.63) is 41.7 Å². The second kappa shape index (κ2) is 3.72. The van der Waals surface area contributed by atoms with Gasteiger partial charge in [-0.25, -0.2) is 4.68 Å². The molecule has 72 valence electrons. The minimum absolute atomic E-state index is 0.713. The lowest BCUT2D eigenvalue weighted by molar-refractivity contribution is 0.882. The zero-order valence-electron chi connectivity index (χ0n) is 7.74. The third-order valence-electron chi connectivity index (χ3n) is 1.98. The summed E-state index contributed by atoms with van der Waals surface area (Å²) in [6.45, 7) is 0. The fourth-order valence-electron chi connectivity index (χ4n) is 1.32. The molecule has 1 heterocycles. The lowest BCUT2D eigenvalue weighted by Gasteiger charge is -2.08. The van der Waals surface area contributed by atoms with Gasteiger partial charge >= 0.3 is 0 Å². The highest BCUT2D eigenvalue weighted by atomic mass is 35.5. The molecular formula is C10H10ClN3. The van der Waals surface area contributed by atoms with Crippen molar-refractivity contribution in [1.29, 1.82) is 0 Å². The van der Waals surface area contributed by atoms with Gasteiger partial charge in [0.15, 0.2) is 0 Å². The molecule has 0 saturated heterocycles. The summed E-state index contributed by atoms with van der Waals surface area (Å²) in [7, 11) is 1.86. The Balaban J connectivity index is 2.53. The molecule has 14 heavy (non-hydrogen) atoms. The molecule has 1 N–H and O–H groups in total. The molecule has 0 saturated carbocycles. The van der Waals surface area contributed by atoms with Crippen LogP contribution in [-0.2, 0) is 0 Å².